The predicted molar refractivity (Wildman–Crippen MR) is 39.0 cm³/mol. The maximum atomic E-state index is 10.5. The van der Waals surface area contributed by atoms with Crippen LogP contribution in [0.5, 0.6) is 0 Å². The molecule has 2 N–H and O–H groups in total. The van der Waals surface area contributed by atoms with Crippen molar-refractivity contribution in [2.24, 2.45) is 7.05 Å². The van der Waals surface area contributed by atoms with Crippen LogP contribution in [0.2, 0.25) is 0 Å². The zero-order chi connectivity index (χ0) is 10.0. The zero-order valence-electron chi connectivity index (χ0n) is 6.71. The average molecular weight is 185 g/mol. The molecule has 0 saturated heterocycles. The molecule has 1 aromatic heterocycles. The van der Waals surface area contributed by atoms with Gasteiger partial charge in [0.05, 0.1) is 0 Å². The Labute approximate surface area is 72.6 Å². The highest BCUT2D eigenvalue weighted by Crippen LogP contribution is 2.11. The minimum absolute atomic E-state index is 0.0972. The van der Waals surface area contributed by atoms with Crippen LogP contribution in [0.3, 0.4) is 0 Å². The van der Waals surface area contributed by atoms with Crippen molar-refractivity contribution < 1.29 is 19.8 Å². The number of hydrogen-bond donors (Lipinski definition) is 2. The summed E-state index contributed by atoms with van der Waals surface area (Å²) < 4.78 is 1.12. The fraction of sp³-hybridized carbons (Fsp3) is 0.333. The van der Waals surface area contributed by atoms with Crippen LogP contribution in [0, 0.1) is 0 Å². The van der Waals surface area contributed by atoms with Gasteiger partial charge in [-0.05, 0) is 0 Å². The minimum atomic E-state index is -1.66. The molecule has 0 aliphatic rings. The summed E-state index contributed by atoms with van der Waals surface area (Å²) in [6.45, 7) is 0. The molecule has 0 unspecified atom stereocenters. The molecule has 0 radical (unpaired) electrons. The van der Waals surface area contributed by atoms with Gasteiger partial charge in [0.25, 0.3) is 0 Å². The van der Waals surface area contributed by atoms with Crippen molar-refractivity contribution in [2.45, 2.75) is 5.92 Å². The molecule has 7 heteroatoms. The predicted octanol–water partition coefficient (Wildman–Crippen LogP) is -0.932. The maximum Gasteiger partial charge on any atom is 0.325 e. The first-order valence-corrected chi connectivity index (χ1v) is 3.33. The topological polar surface area (TPSA) is 105 Å². The molecular weight excluding hydrogens is 178 g/mol. The van der Waals surface area contributed by atoms with Crippen LogP contribution in [-0.2, 0) is 16.6 Å². The van der Waals surface area contributed by atoms with Gasteiger partial charge in [0, 0.05) is 7.05 Å². The Morgan fingerprint density at radius 3 is 2.31 bits per heavy atom. The highest BCUT2D eigenvalue weighted by molar-refractivity contribution is 5.98. The van der Waals surface area contributed by atoms with Crippen molar-refractivity contribution in [1.82, 2.24) is 14.8 Å². The van der Waals surface area contributed by atoms with Gasteiger partial charge in [-0.25, -0.2) is 4.98 Å². The molecule has 7 nitrogen and oxygen atoms in total. The number of aliphatic carboxylic acids is 2. The number of rotatable bonds is 3. The van der Waals surface area contributed by atoms with E-state index in [0.29, 0.717) is 0 Å². The molecule has 1 aromatic rings. The lowest BCUT2D eigenvalue weighted by Crippen LogP contribution is -2.24. The molecule has 0 aliphatic carbocycles. The van der Waals surface area contributed by atoms with Crippen molar-refractivity contribution in [3.8, 4) is 0 Å². The van der Waals surface area contributed by atoms with E-state index in [1.165, 1.54) is 7.05 Å². The minimum Gasteiger partial charge on any atom is -0.480 e. The summed E-state index contributed by atoms with van der Waals surface area (Å²) in [6.07, 6.45) is 1.11. The second-order valence-corrected chi connectivity index (χ2v) is 2.35. The molecule has 70 valence electrons. The summed E-state index contributed by atoms with van der Waals surface area (Å²) in [5.41, 5.74) is 0. The van der Waals surface area contributed by atoms with Crippen LogP contribution in [0.25, 0.3) is 0 Å². The van der Waals surface area contributed by atoms with Crippen molar-refractivity contribution in [3.63, 3.8) is 0 Å². The van der Waals surface area contributed by atoms with E-state index in [1.807, 2.05) is 0 Å². The Morgan fingerprint density at radius 1 is 1.46 bits per heavy atom. The Morgan fingerprint density at radius 2 is 2.00 bits per heavy atom. The van der Waals surface area contributed by atoms with Crippen LogP contribution in [-0.4, -0.2) is 36.9 Å². The molecule has 0 saturated carbocycles. The average Bonchev–Trinajstić information content (AvgIpc) is 2.35. The molecule has 0 bridgehead atoms. The lowest BCUT2D eigenvalue weighted by Gasteiger charge is -2.04. The van der Waals surface area contributed by atoms with Gasteiger partial charge in [-0.2, -0.15) is 5.10 Å². The number of hydrogen-bond acceptors (Lipinski definition) is 4. The van der Waals surface area contributed by atoms with E-state index in [0.717, 1.165) is 11.0 Å². The number of carboxylic acid groups (broad SMARTS) is 2. The van der Waals surface area contributed by atoms with Crippen LogP contribution in [0.4, 0.5) is 0 Å². The lowest BCUT2D eigenvalue weighted by molar-refractivity contribution is -0.150. The highest BCUT2D eigenvalue weighted by Gasteiger charge is 2.31. The smallest absolute Gasteiger partial charge is 0.325 e. The van der Waals surface area contributed by atoms with Gasteiger partial charge in [0.2, 0.25) is 5.92 Å². The van der Waals surface area contributed by atoms with Crippen LogP contribution >= 0.6 is 0 Å². The van der Waals surface area contributed by atoms with E-state index in [1.54, 1.807) is 0 Å². The Balaban J connectivity index is 3.09. The summed E-state index contributed by atoms with van der Waals surface area (Å²) in [5.74, 6) is -4.67. The van der Waals surface area contributed by atoms with Gasteiger partial charge in [-0.3, -0.25) is 14.3 Å². The SMILES string of the molecule is Cn1ncnc1C(C(=O)O)C(=O)O. The molecular formula is C6H7N3O4. The van der Waals surface area contributed by atoms with Gasteiger partial charge in [0.1, 0.15) is 6.33 Å². The van der Waals surface area contributed by atoms with Crippen molar-refractivity contribution in [3.05, 3.63) is 12.2 Å². The Bertz CT molecular complexity index is 331. The summed E-state index contributed by atoms with van der Waals surface area (Å²) in [6, 6.07) is 0. The quantitative estimate of drug-likeness (QED) is 0.589. The largest absolute Gasteiger partial charge is 0.480 e. The number of carbonyl (C=O) groups is 2. The fourth-order valence-corrected chi connectivity index (χ4v) is 0.893. The molecule has 1 rings (SSSR count). The van der Waals surface area contributed by atoms with Gasteiger partial charge in [-0.15, -0.1) is 0 Å². The number of carboxylic acids is 2. The van der Waals surface area contributed by atoms with E-state index in [9.17, 15) is 9.59 Å². The van der Waals surface area contributed by atoms with Crippen molar-refractivity contribution in [2.75, 3.05) is 0 Å². The summed E-state index contributed by atoms with van der Waals surface area (Å²) in [5, 5.41) is 20.7. The summed E-state index contributed by atoms with van der Waals surface area (Å²) in [7, 11) is 1.43. The second kappa shape index (κ2) is 3.21. The molecule has 13 heavy (non-hydrogen) atoms. The van der Waals surface area contributed by atoms with Crippen LogP contribution in [0.15, 0.2) is 6.33 Å². The lowest BCUT2D eigenvalue weighted by atomic mass is 10.1. The normalized spacial score (nSPS) is 10.3. The maximum absolute atomic E-state index is 10.5. The molecule has 0 aromatic carbocycles. The van der Waals surface area contributed by atoms with Gasteiger partial charge in [-0.1, -0.05) is 0 Å². The van der Waals surface area contributed by atoms with E-state index < -0.39 is 17.9 Å². The van der Waals surface area contributed by atoms with Crippen LogP contribution in [0.1, 0.15) is 11.7 Å². The third-order valence-electron chi connectivity index (χ3n) is 1.50. The molecule has 0 amide bonds. The molecule has 0 spiro atoms. The summed E-state index contributed by atoms with van der Waals surface area (Å²) >= 11 is 0. The Hall–Kier alpha value is -1.92. The third kappa shape index (κ3) is 1.63. The number of nitrogens with zero attached hydrogens (tertiary/aromatic N) is 3. The van der Waals surface area contributed by atoms with Crippen molar-refractivity contribution in [1.29, 1.82) is 0 Å². The van der Waals surface area contributed by atoms with E-state index in [-0.39, 0.29) is 5.82 Å². The third-order valence-corrected chi connectivity index (χ3v) is 1.50. The van der Waals surface area contributed by atoms with E-state index in [4.69, 9.17) is 10.2 Å². The first-order chi connectivity index (χ1) is 6.04. The molecule has 1 heterocycles. The van der Waals surface area contributed by atoms with Gasteiger partial charge >= 0.3 is 11.9 Å². The Kier molecular flexibility index (Phi) is 2.27. The number of aromatic nitrogens is 3. The van der Waals surface area contributed by atoms with Gasteiger partial charge < -0.3 is 10.2 Å². The zero-order valence-corrected chi connectivity index (χ0v) is 6.71. The van der Waals surface area contributed by atoms with Crippen molar-refractivity contribution >= 4 is 11.9 Å². The van der Waals surface area contributed by atoms with Crippen LogP contribution < -0.4 is 0 Å². The first-order valence-electron chi connectivity index (χ1n) is 3.33. The van der Waals surface area contributed by atoms with Gasteiger partial charge in [0.15, 0.2) is 5.82 Å². The standard InChI is InChI=1S/C6H7N3O4/c1-9-4(7-2-8-9)3(5(10)11)6(12)13/h2-3H,1H3,(H,10,11)(H,12,13). The first kappa shape index (κ1) is 9.17. The monoisotopic (exact) mass is 185 g/mol. The highest BCUT2D eigenvalue weighted by atomic mass is 16.4. The molecule has 0 fully saturated rings. The number of aryl methyl sites for hydroxylation is 1. The second-order valence-electron chi connectivity index (χ2n) is 2.35. The fourth-order valence-electron chi connectivity index (χ4n) is 0.893. The summed E-state index contributed by atoms with van der Waals surface area (Å²) in [4.78, 5) is 24.6. The van der Waals surface area contributed by atoms with E-state index >= 15 is 0 Å². The van der Waals surface area contributed by atoms with E-state index in [2.05, 4.69) is 10.1 Å². The molecule has 0 atom stereocenters. The molecule has 0 aliphatic heterocycles.